The van der Waals surface area contributed by atoms with E-state index in [1.54, 1.807) is 12.1 Å². The van der Waals surface area contributed by atoms with Crippen LogP contribution < -0.4 is 0 Å². The summed E-state index contributed by atoms with van der Waals surface area (Å²) in [7, 11) is 0. The molecule has 3 amide bonds. The highest BCUT2D eigenvalue weighted by Crippen LogP contribution is 2.30. The van der Waals surface area contributed by atoms with E-state index in [2.05, 4.69) is 12.1 Å². The van der Waals surface area contributed by atoms with Crippen LogP contribution in [0.1, 0.15) is 52.0 Å². The fourth-order valence-corrected chi connectivity index (χ4v) is 5.08. The van der Waals surface area contributed by atoms with E-state index in [-0.39, 0.29) is 30.3 Å². The smallest absolute Gasteiger partial charge is 0.261 e. The van der Waals surface area contributed by atoms with Gasteiger partial charge >= 0.3 is 0 Å². The lowest BCUT2D eigenvalue weighted by molar-refractivity contribution is -0.132. The van der Waals surface area contributed by atoms with E-state index in [1.165, 1.54) is 10.5 Å². The predicted molar refractivity (Wildman–Crippen MR) is 123 cm³/mol. The number of likely N-dealkylation sites (tertiary alicyclic amines) is 1. The molecule has 0 aromatic heterocycles. The molecule has 0 bridgehead atoms. The first-order chi connectivity index (χ1) is 15.6. The molecule has 5 rings (SSSR count). The Morgan fingerprint density at radius 2 is 1.56 bits per heavy atom. The van der Waals surface area contributed by atoms with Crippen molar-refractivity contribution in [3.05, 3.63) is 83.4 Å². The highest BCUT2D eigenvalue weighted by atomic mass is 16.2. The summed E-state index contributed by atoms with van der Waals surface area (Å²) >= 11 is 0. The molecular formula is C27H26N2O3. The zero-order chi connectivity index (χ0) is 22.1. The minimum absolute atomic E-state index is 0.114. The van der Waals surface area contributed by atoms with Crippen molar-refractivity contribution in [1.82, 2.24) is 9.80 Å². The van der Waals surface area contributed by atoms with Gasteiger partial charge in [0, 0.05) is 42.1 Å². The van der Waals surface area contributed by atoms with Crippen molar-refractivity contribution >= 4 is 28.5 Å². The Kier molecular flexibility index (Phi) is 5.48. The van der Waals surface area contributed by atoms with Crippen LogP contribution in [0.15, 0.2) is 66.7 Å². The van der Waals surface area contributed by atoms with E-state index in [4.69, 9.17) is 0 Å². The van der Waals surface area contributed by atoms with Gasteiger partial charge in [-0.15, -0.1) is 0 Å². The Balaban J connectivity index is 1.23. The number of rotatable bonds is 6. The molecule has 3 aromatic rings. The van der Waals surface area contributed by atoms with Crippen LogP contribution in [0.3, 0.4) is 0 Å². The highest BCUT2D eigenvalue weighted by Gasteiger charge is 2.33. The van der Waals surface area contributed by atoms with Crippen molar-refractivity contribution in [2.45, 2.75) is 38.1 Å². The van der Waals surface area contributed by atoms with Crippen molar-refractivity contribution < 1.29 is 14.4 Å². The second-order valence-corrected chi connectivity index (χ2v) is 8.65. The summed E-state index contributed by atoms with van der Waals surface area (Å²) in [6.07, 6.45) is 3.73. The summed E-state index contributed by atoms with van der Waals surface area (Å²) in [6, 6.07) is 21.6. The van der Waals surface area contributed by atoms with Crippen LogP contribution in [0.25, 0.3) is 10.8 Å². The number of hydrogen-bond donors (Lipinski definition) is 0. The van der Waals surface area contributed by atoms with Crippen molar-refractivity contribution in [2.24, 2.45) is 0 Å². The number of carbonyl (C=O) groups is 3. The van der Waals surface area contributed by atoms with Crippen LogP contribution in [-0.4, -0.2) is 46.7 Å². The monoisotopic (exact) mass is 426 g/mol. The molecule has 0 radical (unpaired) electrons. The third-order valence-corrected chi connectivity index (χ3v) is 6.64. The minimum Gasteiger partial charge on any atom is -0.339 e. The van der Waals surface area contributed by atoms with Crippen molar-refractivity contribution in [3.63, 3.8) is 0 Å². The first-order valence-electron chi connectivity index (χ1n) is 11.3. The molecule has 0 N–H and O–H groups in total. The number of carbonyl (C=O) groups excluding carboxylic acids is 3. The molecule has 162 valence electrons. The van der Waals surface area contributed by atoms with Crippen LogP contribution in [0, 0.1) is 0 Å². The maximum absolute atomic E-state index is 13.0. The van der Waals surface area contributed by atoms with Crippen LogP contribution in [0.4, 0.5) is 0 Å². The lowest BCUT2D eigenvalue weighted by atomic mass is 9.94. The fraction of sp³-hybridized carbons (Fsp3) is 0.296. The average molecular weight is 427 g/mol. The number of amides is 3. The third kappa shape index (κ3) is 3.68. The summed E-state index contributed by atoms with van der Waals surface area (Å²) in [4.78, 5) is 42.3. The molecule has 5 nitrogen and oxygen atoms in total. The van der Waals surface area contributed by atoms with Gasteiger partial charge in [0.05, 0.1) is 0 Å². The van der Waals surface area contributed by atoms with Gasteiger partial charge in [-0.2, -0.15) is 0 Å². The summed E-state index contributed by atoms with van der Waals surface area (Å²) in [6.45, 7) is 1.04. The van der Waals surface area contributed by atoms with Crippen LogP contribution >= 0.6 is 0 Å². The molecule has 0 aliphatic carbocycles. The largest absolute Gasteiger partial charge is 0.339 e. The predicted octanol–water partition coefficient (Wildman–Crippen LogP) is 4.45. The Morgan fingerprint density at radius 1 is 0.875 bits per heavy atom. The fourth-order valence-electron chi connectivity index (χ4n) is 5.08. The molecule has 1 unspecified atom stereocenters. The molecule has 0 spiro atoms. The van der Waals surface area contributed by atoms with Gasteiger partial charge in [-0.25, -0.2) is 0 Å². The van der Waals surface area contributed by atoms with E-state index >= 15 is 0 Å². The maximum Gasteiger partial charge on any atom is 0.261 e. The molecular weight excluding hydrogens is 400 g/mol. The maximum atomic E-state index is 13.0. The van der Waals surface area contributed by atoms with Gasteiger partial charge in [0.2, 0.25) is 5.91 Å². The van der Waals surface area contributed by atoms with Crippen molar-refractivity contribution in [2.75, 3.05) is 13.1 Å². The van der Waals surface area contributed by atoms with Crippen LogP contribution in [-0.2, 0) is 11.2 Å². The molecule has 2 heterocycles. The van der Waals surface area contributed by atoms with E-state index in [0.29, 0.717) is 24.0 Å². The molecule has 3 aromatic carbocycles. The standard InChI is InChI=1S/C27H26N2O3/c30-24(28-16-6-12-21(28)18-19-8-2-1-3-9-19)15-7-17-29-26(31)22-13-4-10-20-11-5-14-23(25(20)22)27(29)32/h1-5,8-11,13-14,21H,6-7,12,15-18H2. The van der Waals surface area contributed by atoms with Gasteiger partial charge in [0.15, 0.2) is 0 Å². The van der Waals surface area contributed by atoms with E-state index in [0.717, 1.165) is 36.6 Å². The van der Waals surface area contributed by atoms with Gasteiger partial charge in [-0.1, -0.05) is 54.6 Å². The molecule has 1 atom stereocenters. The molecule has 1 fully saturated rings. The number of hydrogen-bond acceptors (Lipinski definition) is 3. The van der Waals surface area contributed by atoms with Gasteiger partial charge < -0.3 is 4.90 Å². The Hall–Kier alpha value is -3.47. The zero-order valence-corrected chi connectivity index (χ0v) is 18.0. The lowest BCUT2D eigenvalue weighted by Crippen LogP contribution is -2.41. The quantitative estimate of drug-likeness (QED) is 0.547. The Labute approximate surface area is 187 Å². The van der Waals surface area contributed by atoms with Gasteiger partial charge in [-0.3, -0.25) is 19.3 Å². The number of nitrogens with zero attached hydrogens (tertiary/aromatic N) is 2. The highest BCUT2D eigenvalue weighted by molar-refractivity contribution is 6.25. The lowest BCUT2D eigenvalue weighted by Gasteiger charge is -2.28. The molecule has 32 heavy (non-hydrogen) atoms. The summed E-state index contributed by atoms with van der Waals surface area (Å²) in [5.41, 5.74) is 2.37. The molecule has 0 saturated carbocycles. The number of benzene rings is 3. The van der Waals surface area contributed by atoms with Gasteiger partial charge in [0.25, 0.3) is 11.8 Å². The Morgan fingerprint density at radius 3 is 2.25 bits per heavy atom. The minimum atomic E-state index is -0.269. The second kappa shape index (κ2) is 8.58. The van der Waals surface area contributed by atoms with Crippen LogP contribution in [0.5, 0.6) is 0 Å². The summed E-state index contributed by atoms with van der Waals surface area (Å²) in [5.74, 6) is -0.424. The first kappa shape index (κ1) is 20.4. The van der Waals surface area contributed by atoms with E-state index in [1.807, 2.05) is 47.4 Å². The third-order valence-electron chi connectivity index (χ3n) is 6.64. The second-order valence-electron chi connectivity index (χ2n) is 8.65. The molecule has 2 aliphatic rings. The van der Waals surface area contributed by atoms with Crippen molar-refractivity contribution in [3.8, 4) is 0 Å². The van der Waals surface area contributed by atoms with Gasteiger partial charge in [-0.05, 0) is 48.8 Å². The normalized spacial score (nSPS) is 17.9. The SMILES string of the molecule is O=C1c2cccc3cccc(c23)C(=O)N1CCCC(=O)N1CCCC1Cc1ccccc1. The summed E-state index contributed by atoms with van der Waals surface area (Å²) in [5, 5.41) is 1.63. The van der Waals surface area contributed by atoms with Crippen molar-refractivity contribution in [1.29, 1.82) is 0 Å². The molecule has 2 aliphatic heterocycles. The van der Waals surface area contributed by atoms with E-state index < -0.39 is 0 Å². The topological polar surface area (TPSA) is 57.7 Å². The average Bonchev–Trinajstić information content (AvgIpc) is 3.28. The van der Waals surface area contributed by atoms with E-state index in [9.17, 15) is 14.4 Å². The number of imide groups is 1. The first-order valence-corrected chi connectivity index (χ1v) is 11.3. The van der Waals surface area contributed by atoms with Crippen LogP contribution in [0.2, 0.25) is 0 Å². The molecule has 1 saturated heterocycles. The van der Waals surface area contributed by atoms with Gasteiger partial charge in [0.1, 0.15) is 0 Å². The molecule has 5 heteroatoms. The Bertz CT molecular complexity index is 1140. The summed E-state index contributed by atoms with van der Waals surface area (Å²) < 4.78 is 0. The zero-order valence-electron chi connectivity index (χ0n) is 18.0.